The molecule has 1 fully saturated rings. The summed E-state index contributed by atoms with van der Waals surface area (Å²) >= 11 is 0. The van der Waals surface area contributed by atoms with Gasteiger partial charge in [0.15, 0.2) is 0 Å². The van der Waals surface area contributed by atoms with Crippen LogP contribution in [-0.4, -0.2) is 51.4 Å². The van der Waals surface area contributed by atoms with Gasteiger partial charge in [0.25, 0.3) is 5.91 Å². The van der Waals surface area contributed by atoms with Crippen LogP contribution in [0.3, 0.4) is 0 Å². The number of piperazine rings is 1. The van der Waals surface area contributed by atoms with Crippen LogP contribution in [0.4, 0.5) is 0 Å². The van der Waals surface area contributed by atoms with Gasteiger partial charge in [-0.15, -0.1) is 12.4 Å². The summed E-state index contributed by atoms with van der Waals surface area (Å²) in [4.78, 5) is 11.5. The van der Waals surface area contributed by atoms with Crippen molar-refractivity contribution in [2.24, 2.45) is 5.73 Å². The number of amides is 1. The van der Waals surface area contributed by atoms with Crippen molar-refractivity contribution in [1.82, 2.24) is 9.62 Å². The number of halogens is 1. The van der Waals surface area contributed by atoms with Crippen LogP contribution in [0.5, 0.6) is 5.75 Å². The molecule has 124 valence electrons. The third kappa shape index (κ3) is 3.52. The number of rotatable bonds is 4. The smallest absolute Gasteiger partial charge is 0.252 e. The molecule has 0 unspecified atom stereocenters. The molecule has 1 atom stereocenters. The maximum absolute atomic E-state index is 12.7. The fourth-order valence-corrected chi connectivity index (χ4v) is 4.01. The highest BCUT2D eigenvalue weighted by atomic mass is 35.5. The van der Waals surface area contributed by atoms with Gasteiger partial charge in [0, 0.05) is 25.7 Å². The first-order valence-corrected chi connectivity index (χ1v) is 8.02. The lowest BCUT2D eigenvalue weighted by molar-refractivity contribution is 0.0997. The molecule has 1 aromatic carbocycles. The number of ether oxygens (including phenoxy) is 1. The van der Waals surface area contributed by atoms with E-state index in [4.69, 9.17) is 10.5 Å². The van der Waals surface area contributed by atoms with Crippen molar-refractivity contribution < 1.29 is 17.9 Å². The number of nitrogens with one attached hydrogen (secondary N) is 1. The highest BCUT2D eigenvalue weighted by Crippen LogP contribution is 2.25. The molecule has 0 saturated carbocycles. The minimum Gasteiger partial charge on any atom is -0.496 e. The molecule has 7 nitrogen and oxygen atoms in total. The van der Waals surface area contributed by atoms with Crippen LogP contribution in [0.25, 0.3) is 0 Å². The third-order valence-corrected chi connectivity index (χ3v) is 5.49. The van der Waals surface area contributed by atoms with Gasteiger partial charge in [-0.1, -0.05) is 0 Å². The molecular formula is C13H20ClN3O4S. The first-order valence-electron chi connectivity index (χ1n) is 6.58. The predicted octanol–water partition coefficient (Wildman–Crippen LogP) is 0.198. The highest BCUT2D eigenvalue weighted by molar-refractivity contribution is 7.89. The lowest BCUT2D eigenvalue weighted by atomic mass is 10.2. The number of carbonyl (C=O) groups is 1. The summed E-state index contributed by atoms with van der Waals surface area (Å²) in [6.45, 7) is 3.42. The number of sulfonamides is 1. The van der Waals surface area contributed by atoms with Crippen LogP contribution in [0.2, 0.25) is 0 Å². The lowest BCUT2D eigenvalue weighted by Gasteiger charge is -2.32. The Kier molecular flexibility index (Phi) is 6.18. The Morgan fingerprint density at radius 1 is 1.45 bits per heavy atom. The van der Waals surface area contributed by atoms with Crippen molar-refractivity contribution in [3.05, 3.63) is 23.8 Å². The van der Waals surface area contributed by atoms with E-state index in [1.165, 1.54) is 29.6 Å². The first kappa shape index (κ1) is 18.7. The van der Waals surface area contributed by atoms with Crippen molar-refractivity contribution in [3.63, 3.8) is 0 Å². The zero-order valence-electron chi connectivity index (χ0n) is 12.4. The Hall–Kier alpha value is -1.35. The molecule has 0 aliphatic carbocycles. The summed E-state index contributed by atoms with van der Waals surface area (Å²) in [5.41, 5.74) is 5.33. The van der Waals surface area contributed by atoms with E-state index < -0.39 is 15.9 Å². The molecule has 3 N–H and O–H groups in total. The fraction of sp³-hybridized carbons (Fsp3) is 0.462. The van der Waals surface area contributed by atoms with E-state index in [1.54, 1.807) is 0 Å². The highest BCUT2D eigenvalue weighted by Gasteiger charge is 2.31. The van der Waals surface area contributed by atoms with Crippen molar-refractivity contribution in [2.75, 3.05) is 26.7 Å². The quantitative estimate of drug-likeness (QED) is 0.808. The van der Waals surface area contributed by atoms with Gasteiger partial charge >= 0.3 is 0 Å². The van der Waals surface area contributed by atoms with Crippen molar-refractivity contribution >= 4 is 28.3 Å². The van der Waals surface area contributed by atoms with Gasteiger partial charge in [-0.05, 0) is 25.1 Å². The Bertz CT molecular complexity index is 651. The number of methoxy groups -OCH3 is 1. The van der Waals surface area contributed by atoms with Gasteiger partial charge < -0.3 is 15.8 Å². The van der Waals surface area contributed by atoms with Crippen LogP contribution in [0, 0.1) is 0 Å². The monoisotopic (exact) mass is 349 g/mol. The summed E-state index contributed by atoms with van der Waals surface area (Å²) in [5.74, 6) is -0.466. The summed E-state index contributed by atoms with van der Waals surface area (Å²) in [6, 6.07) is 3.99. The average Bonchev–Trinajstić information content (AvgIpc) is 2.46. The lowest BCUT2D eigenvalue weighted by Crippen LogP contribution is -2.52. The fourth-order valence-electron chi connectivity index (χ4n) is 2.35. The number of benzene rings is 1. The number of hydrogen-bond donors (Lipinski definition) is 2. The van der Waals surface area contributed by atoms with E-state index in [9.17, 15) is 13.2 Å². The zero-order chi connectivity index (χ0) is 15.6. The molecule has 0 radical (unpaired) electrons. The van der Waals surface area contributed by atoms with Crippen molar-refractivity contribution in [1.29, 1.82) is 0 Å². The predicted molar refractivity (Wildman–Crippen MR) is 85.0 cm³/mol. The Morgan fingerprint density at radius 2 is 2.14 bits per heavy atom. The van der Waals surface area contributed by atoms with Crippen LogP contribution in [0.15, 0.2) is 23.1 Å². The Labute approximate surface area is 136 Å². The van der Waals surface area contributed by atoms with E-state index in [-0.39, 0.29) is 34.7 Å². The van der Waals surface area contributed by atoms with Gasteiger partial charge in [0.1, 0.15) is 5.75 Å². The van der Waals surface area contributed by atoms with E-state index in [1.807, 2.05) is 6.92 Å². The molecule has 1 aliphatic rings. The molecule has 1 aliphatic heterocycles. The Balaban J connectivity index is 0.00000242. The molecule has 1 aromatic rings. The minimum atomic E-state index is -3.66. The molecule has 0 spiro atoms. The second-order valence-electron chi connectivity index (χ2n) is 4.90. The molecular weight excluding hydrogens is 330 g/mol. The van der Waals surface area contributed by atoms with Crippen LogP contribution < -0.4 is 15.8 Å². The largest absolute Gasteiger partial charge is 0.496 e. The maximum atomic E-state index is 12.7. The third-order valence-electron chi connectivity index (χ3n) is 3.48. The van der Waals surface area contributed by atoms with Crippen LogP contribution in [0.1, 0.15) is 17.3 Å². The SMILES string of the molecule is COc1ccc(S(=O)(=O)N2CCNC[C@@H]2C)cc1C(N)=O.Cl. The van der Waals surface area contributed by atoms with Crippen LogP contribution >= 0.6 is 12.4 Å². The average molecular weight is 350 g/mol. The van der Waals surface area contributed by atoms with E-state index in [0.717, 1.165) is 0 Å². The molecule has 1 amide bonds. The number of nitrogens with two attached hydrogens (primary N) is 1. The number of primary amides is 1. The second kappa shape index (κ2) is 7.28. The van der Waals surface area contributed by atoms with Crippen LogP contribution in [-0.2, 0) is 10.0 Å². The summed E-state index contributed by atoms with van der Waals surface area (Å²) < 4.78 is 31.8. The van der Waals surface area contributed by atoms with Gasteiger partial charge in [-0.3, -0.25) is 4.79 Å². The standard InChI is InChI=1S/C13H19N3O4S.ClH/c1-9-8-15-5-6-16(9)21(18,19)10-3-4-12(20-2)11(7-10)13(14)17;/h3-4,7,9,15H,5-6,8H2,1-2H3,(H2,14,17);1H/t9-;/m0./s1. The van der Waals surface area contributed by atoms with E-state index >= 15 is 0 Å². The molecule has 1 heterocycles. The molecule has 0 bridgehead atoms. The van der Waals surface area contributed by atoms with Gasteiger partial charge in [-0.2, -0.15) is 4.31 Å². The van der Waals surface area contributed by atoms with Gasteiger partial charge in [-0.25, -0.2) is 8.42 Å². The maximum Gasteiger partial charge on any atom is 0.252 e. The zero-order valence-corrected chi connectivity index (χ0v) is 14.0. The van der Waals surface area contributed by atoms with Crippen molar-refractivity contribution in [2.45, 2.75) is 17.9 Å². The Morgan fingerprint density at radius 3 is 2.68 bits per heavy atom. The van der Waals surface area contributed by atoms with Gasteiger partial charge in [0.2, 0.25) is 10.0 Å². The van der Waals surface area contributed by atoms with Gasteiger partial charge in [0.05, 0.1) is 17.6 Å². The molecule has 1 saturated heterocycles. The van der Waals surface area contributed by atoms with Crippen molar-refractivity contribution in [3.8, 4) is 5.75 Å². The first-order chi connectivity index (χ1) is 9.87. The number of hydrogen-bond acceptors (Lipinski definition) is 5. The normalized spacial score (nSPS) is 19.3. The number of nitrogens with zero attached hydrogens (tertiary/aromatic N) is 1. The number of carbonyl (C=O) groups excluding carboxylic acids is 1. The molecule has 2 rings (SSSR count). The second-order valence-corrected chi connectivity index (χ2v) is 6.79. The minimum absolute atomic E-state index is 0. The molecule has 9 heteroatoms. The topological polar surface area (TPSA) is 102 Å². The summed E-state index contributed by atoms with van der Waals surface area (Å²) in [7, 11) is -2.27. The van der Waals surface area contributed by atoms with E-state index in [0.29, 0.717) is 19.6 Å². The molecule has 22 heavy (non-hydrogen) atoms. The molecule has 0 aromatic heterocycles. The summed E-state index contributed by atoms with van der Waals surface area (Å²) in [6.07, 6.45) is 0. The van der Waals surface area contributed by atoms with E-state index in [2.05, 4.69) is 5.32 Å². The summed E-state index contributed by atoms with van der Waals surface area (Å²) in [5, 5.41) is 3.14.